The highest BCUT2D eigenvalue weighted by molar-refractivity contribution is 6.00. The fourth-order valence-electron chi connectivity index (χ4n) is 2.20. The van der Waals surface area contributed by atoms with Crippen molar-refractivity contribution in [2.24, 2.45) is 0 Å². The zero-order chi connectivity index (χ0) is 19.3. The normalized spacial score (nSPS) is 11.9. The van der Waals surface area contributed by atoms with E-state index in [4.69, 9.17) is 9.94 Å². The molecule has 26 heavy (non-hydrogen) atoms. The van der Waals surface area contributed by atoms with E-state index in [0.29, 0.717) is 0 Å². The van der Waals surface area contributed by atoms with E-state index in [9.17, 15) is 18.7 Å². The molecule has 4 N–H and O–H groups in total. The summed E-state index contributed by atoms with van der Waals surface area (Å²) in [5.74, 6) is -1.82. The molecule has 0 aromatic heterocycles. The van der Waals surface area contributed by atoms with Crippen LogP contribution in [0.15, 0.2) is 30.3 Å². The lowest BCUT2D eigenvalue weighted by atomic mass is 10.1. The third kappa shape index (κ3) is 4.75. The molecule has 2 rings (SSSR count). The highest BCUT2D eigenvalue weighted by Gasteiger charge is 2.18. The van der Waals surface area contributed by atoms with E-state index in [0.717, 1.165) is 11.6 Å². The van der Waals surface area contributed by atoms with Crippen molar-refractivity contribution in [3.63, 3.8) is 0 Å². The number of benzene rings is 2. The van der Waals surface area contributed by atoms with Crippen molar-refractivity contribution in [2.75, 3.05) is 18.5 Å². The molecule has 8 heteroatoms. The average molecular weight is 366 g/mol. The van der Waals surface area contributed by atoms with Gasteiger partial charge >= 0.3 is 0 Å². The van der Waals surface area contributed by atoms with Crippen LogP contribution >= 0.6 is 0 Å². The predicted molar refractivity (Wildman–Crippen MR) is 92.1 cm³/mol. The van der Waals surface area contributed by atoms with Gasteiger partial charge in [0, 0.05) is 5.56 Å². The highest BCUT2D eigenvalue weighted by atomic mass is 19.1. The van der Waals surface area contributed by atoms with Crippen LogP contribution in [-0.2, 0) is 4.84 Å². The maximum atomic E-state index is 14.1. The third-order valence-corrected chi connectivity index (χ3v) is 3.68. The van der Waals surface area contributed by atoms with Crippen molar-refractivity contribution in [2.45, 2.75) is 20.0 Å². The van der Waals surface area contributed by atoms with Gasteiger partial charge in [0.2, 0.25) is 0 Å². The smallest absolute Gasteiger partial charge is 0.276 e. The number of carbonyl (C=O) groups is 1. The first-order chi connectivity index (χ1) is 12.3. The van der Waals surface area contributed by atoms with Crippen LogP contribution in [0.3, 0.4) is 0 Å². The lowest BCUT2D eigenvalue weighted by molar-refractivity contribution is -0.0295. The Bertz CT molecular complexity index is 799. The molecule has 0 radical (unpaired) electrons. The number of aliphatic hydroxyl groups excluding tert-OH is 2. The van der Waals surface area contributed by atoms with Gasteiger partial charge in [0.15, 0.2) is 0 Å². The second kappa shape index (κ2) is 8.70. The van der Waals surface area contributed by atoms with E-state index in [2.05, 4.69) is 10.8 Å². The number of hydroxylamine groups is 1. The Labute approximate surface area is 149 Å². The molecule has 0 bridgehead atoms. The van der Waals surface area contributed by atoms with Gasteiger partial charge in [-0.05, 0) is 43.7 Å². The molecule has 0 aliphatic carbocycles. The fraction of sp³-hybridized carbons (Fsp3) is 0.278. The van der Waals surface area contributed by atoms with E-state index >= 15 is 0 Å². The first kappa shape index (κ1) is 19.8. The van der Waals surface area contributed by atoms with Crippen LogP contribution in [0.2, 0.25) is 0 Å². The van der Waals surface area contributed by atoms with Crippen molar-refractivity contribution in [1.82, 2.24) is 5.48 Å². The summed E-state index contributed by atoms with van der Waals surface area (Å²) >= 11 is 0. The largest absolute Gasteiger partial charge is 0.394 e. The number of aryl methyl sites for hydroxylation is 1. The molecule has 0 aliphatic rings. The van der Waals surface area contributed by atoms with E-state index in [1.54, 1.807) is 13.0 Å². The van der Waals surface area contributed by atoms with Crippen molar-refractivity contribution in [3.8, 4) is 0 Å². The second-order valence-electron chi connectivity index (χ2n) is 5.78. The molecule has 2 aromatic carbocycles. The second-order valence-corrected chi connectivity index (χ2v) is 5.78. The molecule has 0 saturated heterocycles. The van der Waals surface area contributed by atoms with Gasteiger partial charge in [-0.3, -0.25) is 9.63 Å². The lowest BCUT2D eigenvalue weighted by Gasteiger charge is -2.16. The summed E-state index contributed by atoms with van der Waals surface area (Å²) in [5, 5.41) is 20.6. The Hall–Kier alpha value is -2.55. The standard InChI is InChI=1S/C18H20F2N2O4/c1-10-3-6-16(15(20)7-10)21-17-11(2)14(19)5-4-13(17)18(25)22-26-9-12(24)8-23/h3-7,12,21,23-24H,8-9H2,1-2H3,(H,22,25)/t12-/m1/s1. The van der Waals surface area contributed by atoms with Crippen LogP contribution in [0.4, 0.5) is 20.2 Å². The molecule has 6 nitrogen and oxygen atoms in total. The number of anilines is 2. The van der Waals surface area contributed by atoms with Gasteiger partial charge < -0.3 is 15.5 Å². The van der Waals surface area contributed by atoms with Crippen molar-refractivity contribution >= 4 is 17.3 Å². The fourth-order valence-corrected chi connectivity index (χ4v) is 2.20. The van der Waals surface area contributed by atoms with Gasteiger partial charge in [-0.15, -0.1) is 0 Å². The Morgan fingerprint density at radius 1 is 1.19 bits per heavy atom. The number of hydrogen-bond donors (Lipinski definition) is 4. The molecule has 1 atom stereocenters. The summed E-state index contributed by atoms with van der Waals surface area (Å²) in [7, 11) is 0. The topological polar surface area (TPSA) is 90.8 Å². The maximum Gasteiger partial charge on any atom is 0.276 e. The van der Waals surface area contributed by atoms with Gasteiger partial charge in [0.1, 0.15) is 24.3 Å². The van der Waals surface area contributed by atoms with E-state index in [1.165, 1.54) is 25.1 Å². The van der Waals surface area contributed by atoms with E-state index in [-0.39, 0.29) is 29.1 Å². The first-order valence-electron chi connectivity index (χ1n) is 7.86. The monoisotopic (exact) mass is 366 g/mol. The number of aliphatic hydroxyl groups is 2. The number of nitrogens with one attached hydrogen (secondary N) is 2. The Morgan fingerprint density at radius 3 is 2.58 bits per heavy atom. The zero-order valence-electron chi connectivity index (χ0n) is 14.3. The van der Waals surface area contributed by atoms with Crippen LogP contribution in [0, 0.1) is 25.5 Å². The summed E-state index contributed by atoms with van der Waals surface area (Å²) in [6.07, 6.45) is -1.15. The van der Waals surface area contributed by atoms with E-state index < -0.39 is 30.3 Å². The van der Waals surface area contributed by atoms with Gasteiger partial charge in [-0.25, -0.2) is 14.3 Å². The number of amides is 1. The minimum absolute atomic E-state index is 0.0300. The summed E-state index contributed by atoms with van der Waals surface area (Å²) in [6.45, 7) is 2.34. The van der Waals surface area contributed by atoms with Crippen molar-refractivity contribution < 1.29 is 28.6 Å². The number of carbonyl (C=O) groups excluding carboxylic acids is 1. The van der Waals surface area contributed by atoms with Crippen molar-refractivity contribution in [3.05, 3.63) is 58.7 Å². The predicted octanol–water partition coefficient (Wildman–Crippen LogP) is 2.34. The Kier molecular flexibility index (Phi) is 6.62. The minimum atomic E-state index is -1.15. The first-order valence-corrected chi connectivity index (χ1v) is 7.86. The highest BCUT2D eigenvalue weighted by Crippen LogP contribution is 2.28. The molecule has 0 heterocycles. The summed E-state index contributed by atoms with van der Waals surface area (Å²) in [5.41, 5.74) is 3.16. The van der Waals surface area contributed by atoms with E-state index in [1.807, 2.05) is 0 Å². The van der Waals surface area contributed by atoms with Crippen LogP contribution in [-0.4, -0.2) is 35.4 Å². The van der Waals surface area contributed by atoms with Crippen LogP contribution in [0.5, 0.6) is 0 Å². The zero-order valence-corrected chi connectivity index (χ0v) is 14.3. The third-order valence-electron chi connectivity index (χ3n) is 3.68. The van der Waals surface area contributed by atoms with Crippen LogP contribution < -0.4 is 10.8 Å². The van der Waals surface area contributed by atoms with Crippen LogP contribution in [0.25, 0.3) is 0 Å². The molecule has 0 unspecified atom stereocenters. The summed E-state index contributed by atoms with van der Waals surface area (Å²) in [6, 6.07) is 6.83. The Balaban J connectivity index is 2.27. The summed E-state index contributed by atoms with van der Waals surface area (Å²) in [4.78, 5) is 17.1. The molecule has 0 aliphatic heterocycles. The quantitative estimate of drug-likeness (QED) is 0.565. The number of hydrogen-bond acceptors (Lipinski definition) is 5. The van der Waals surface area contributed by atoms with Gasteiger partial charge in [-0.1, -0.05) is 6.07 Å². The molecule has 0 spiro atoms. The molecular weight excluding hydrogens is 346 g/mol. The molecule has 140 valence electrons. The lowest BCUT2D eigenvalue weighted by Crippen LogP contribution is -2.30. The van der Waals surface area contributed by atoms with Crippen LogP contribution in [0.1, 0.15) is 21.5 Å². The maximum absolute atomic E-state index is 14.1. The average Bonchev–Trinajstić information content (AvgIpc) is 2.60. The summed E-state index contributed by atoms with van der Waals surface area (Å²) < 4.78 is 28.0. The SMILES string of the molecule is Cc1ccc(Nc2c(C(=O)NOC[C@H](O)CO)ccc(F)c2C)c(F)c1. The molecule has 1 amide bonds. The van der Waals surface area contributed by atoms with Gasteiger partial charge in [-0.2, -0.15) is 0 Å². The molecule has 2 aromatic rings. The minimum Gasteiger partial charge on any atom is -0.394 e. The number of rotatable bonds is 7. The Morgan fingerprint density at radius 2 is 1.92 bits per heavy atom. The molecular formula is C18H20F2N2O4. The molecule has 0 fully saturated rings. The number of halogens is 2. The van der Waals surface area contributed by atoms with Gasteiger partial charge in [0.25, 0.3) is 5.91 Å². The van der Waals surface area contributed by atoms with Gasteiger partial charge in [0.05, 0.1) is 23.5 Å². The van der Waals surface area contributed by atoms with Crippen molar-refractivity contribution in [1.29, 1.82) is 0 Å². The molecule has 0 saturated carbocycles.